The molecule has 3 nitrogen and oxygen atoms in total. The third-order valence-electron chi connectivity index (χ3n) is 5.20. The summed E-state index contributed by atoms with van der Waals surface area (Å²) in [5.74, 6) is -1.88. The summed E-state index contributed by atoms with van der Waals surface area (Å²) in [5.41, 5.74) is -3.89. The predicted octanol–water partition coefficient (Wildman–Crippen LogP) is 6.33. The van der Waals surface area contributed by atoms with E-state index in [9.17, 15) is 35.9 Å². The highest BCUT2D eigenvalue weighted by Crippen LogP contribution is 2.45. The van der Waals surface area contributed by atoms with Crippen LogP contribution in [-0.2, 0) is 21.9 Å². The molecular weight excluding hydrogens is 424 g/mol. The van der Waals surface area contributed by atoms with Gasteiger partial charge in [0.2, 0.25) is 0 Å². The van der Waals surface area contributed by atoms with E-state index in [4.69, 9.17) is 0 Å². The van der Waals surface area contributed by atoms with Crippen LogP contribution >= 0.6 is 0 Å². The second-order valence-electron chi connectivity index (χ2n) is 7.18. The van der Waals surface area contributed by atoms with Crippen molar-refractivity contribution in [3.8, 4) is 11.1 Å². The minimum atomic E-state index is -5.02. The minimum Gasteiger partial charge on any atom is -0.269 e. The average molecular weight is 441 g/mol. The second-order valence-corrected chi connectivity index (χ2v) is 7.18. The maximum Gasteiger partial charge on any atom is 0.417 e. The van der Waals surface area contributed by atoms with E-state index in [2.05, 4.69) is 0 Å². The summed E-state index contributed by atoms with van der Waals surface area (Å²) in [6.07, 6.45) is -7.54. The van der Waals surface area contributed by atoms with Gasteiger partial charge in [-0.25, -0.2) is 4.90 Å². The van der Waals surface area contributed by atoms with E-state index in [-0.39, 0.29) is 11.6 Å². The van der Waals surface area contributed by atoms with E-state index >= 15 is 0 Å². The van der Waals surface area contributed by atoms with Crippen molar-refractivity contribution in [2.24, 2.45) is 0 Å². The summed E-state index contributed by atoms with van der Waals surface area (Å²) >= 11 is 0. The molecule has 0 saturated heterocycles. The molecule has 2 aromatic rings. The van der Waals surface area contributed by atoms with Crippen LogP contribution in [0.5, 0.6) is 0 Å². The van der Waals surface area contributed by atoms with Gasteiger partial charge in [0, 0.05) is 12.2 Å². The van der Waals surface area contributed by atoms with Crippen molar-refractivity contribution in [1.29, 1.82) is 0 Å². The molecule has 9 heteroatoms. The lowest BCUT2D eigenvalue weighted by Crippen LogP contribution is -2.29. The number of halogens is 6. The van der Waals surface area contributed by atoms with Crippen LogP contribution in [0.15, 0.2) is 48.6 Å². The third kappa shape index (κ3) is 4.35. The minimum absolute atomic E-state index is 0.209. The molecule has 3 rings (SSSR count). The first-order valence-electron chi connectivity index (χ1n) is 9.33. The fraction of sp³-hybridized carbons (Fsp3) is 0.273. The number of rotatable bonds is 4. The van der Waals surface area contributed by atoms with Crippen LogP contribution in [0.25, 0.3) is 11.1 Å². The molecule has 0 radical (unpaired) electrons. The Kier molecular flexibility index (Phi) is 5.73. The van der Waals surface area contributed by atoms with Gasteiger partial charge in [0.05, 0.1) is 16.8 Å². The summed E-state index contributed by atoms with van der Waals surface area (Å²) in [6, 6.07) is 5.67. The maximum atomic E-state index is 13.8. The van der Waals surface area contributed by atoms with Gasteiger partial charge in [-0.15, -0.1) is 0 Å². The standard InChI is InChI=1S/C22H17F6NO2/c1-3-12(2)13-4-6-15(17(10-13)21(23,24)25)16-7-5-14(11-18(16)22(26,27)28)29-19(30)8-9-20(29)31/h4-12H,3H2,1-2H3. The summed E-state index contributed by atoms with van der Waals surface area (Å²) in [6.45, 7) is 3.52. The molecule has 1 aliphatic heterocycles. The first-order valence-corrected chi connectivity index (χ1v) is 9.33. The molecule has 0 N–H and O–H groups in total. The van der Waals surface area contributed by atoms with Crippen LogP contribution in [0, 0.1) is 0 Å². The van der Waals surface area contributed by atoms with Crippen molar-refractivity contribution in [3.63, 3.8) is 0 Å². The zero-order valence-electron chi connectivity index (χ0n) is 16.4. The van der Waals surface area contributed by atoms with Crippen LogP contribution in [-0.4, -0.2) is 11.8 Å². The Balaban J connectivity index is 2.23. The molecule has 164 valence electrons. The van der Waals surface area contributed by atoms with Gasteiger partial charge in [0.25, 0.3) is 11.8 Å². The van der Waals surface area contributed by atoms with E-state index < -0.39 is 46.4 Å². The van der Waals surface area contributed by atoms with Gasteiger partial charge >= 0.3 is 12.4 Å². The normalized spacial score (nSPS) is 15.7. The molecular formula is C22H17F6NO2. The van der Waals surface area contributed by atoms with E-state index in [0.29, 0.717) is 23.0 Å². The van der Waals surface area contributed by atoms with Crippen LogP contribution in [0.4, 0.5) is 32.0 Å². The Morgan fingerprint density at radius 1 is 0.806 bits per heavy atom. The lowest BCUT2D eigenvalue weighted by molar-refractivity contribution is -0.139. The highest BCUT2D eigenvalue weighted by Gasteiger charge is 2.39. The highest BCUT2D eigenvalue weighted by atomic mass is 19.4. The van der Waals surface area contributed by atoms with Crippen molar-refractivity contribution in [2.45, 2.75) is 38.5 Å². The highest BCUT2D eigenvalue weighted by molar-refractivity contribution is 6.28. The zero-order chi connectivity index (χ0) is 23.1. The first-order chi connectivity index (χ1) is 14.3. The number of nitrogens with zero attached hydrogens (tertiary/aromatic N) is 1. The number of anilines is 1. The van der Waals surface area contributed by atoms with Gasteiger partial charge in [-0.1, -0.05) is 32.0 Å². The van der Waals surface area contributed by atoms with Crippen LogP contribution in [0.3, 0.4) is 0 Å². The molecule has 1 atom stereocenters. The molecule has 0 aromatic heterocycles. The van der Waals surface area contributed by atoms with E-state index in [1.54, 1.807) is 13.8 Å². The number of hydrogen-bond donors (Lipinski definition) is 0. The van der Waals surface area contributed by atoms with Crippen LogP contribution in [0.1, 0.15) is 42.9 Å². The molecule has 1 aliphatic rings. The monoisotopic (exact) mass is 441 g/mol. The number of amides is 2. The van der Waals surface area contributed by atoms with Crippen molar-refractivity contribution in [3.05, 3.63) is 65.2 Å². The van der Waals surface area contributed by atoms with Gasteiger partial charge in [-0.2, -0.15) is 26.3 Å². The molecule has 1 heterocycles. The summed E-state index contributed by atoms with van der Waals surface area (Å²) < 4.78 is 82.7. The second kappa shape index (κ2) is 7.86. The molecule has 0 saturated carbocycles. The Hall–Kier alpha value is -3.10. The van der Waals surface area contributed by atoms with Gasteiger partial charge < -0.3 is 0 Å². The summed E-state index contributed by atoms with van der Waals surface area (Å²) in [7, 11) is 0. The Morgan fingerprint density at radius 2 is 1.29 bits per heavy atom. The lowest BCUT2D eigenvalue weighted by atomic mass is 9.89. The van der Waals surface area contributed by atoms with Crippen molar-refractivity contribution in [1.82, 2.24) is 0 Å². The van der Waals surface area contributed by atoms with Crippen molar-refractivity contribution in [2.75, 3.05) is 4.90 Å². The fourth-order valence-electron chi connectivity index (χ4n) is 3.37. The predicted molar refractivity (Wildman–Crippen MR) is 102 cm³/mol. The smallest absolute Gasteiger partial charge is 0.269 e. The quantitative estimate of drug-likeness (QED) is 0.411. The van der Waals surface area contributed by atoms with Gasteiger partial charge in [0.15, 0.2) is 0 Å². The van der Waals surface area contributed by atoms with Crippen LogP contribution in [0.2, 0.25) is 0 Å². The Labute approximate surface area is 174 Å². The number of carbonyl (C=O) groups is 2. The number of benzene rings is 2. The van der Waals surface area contributed by atoms with Crippen molar-refractivity contribution < 1.29 is 35.9 Å². The van der Waals surface area contributed by atoms with Crippen molar-refractivity contribution >= 4 is 17.5 Å². The van der Waals surface area contributed by atoms with E-state index in [1.165, 1.54) is 6.07 Å². The topological polar surface area (TPSA) is 37.4 Å². The van der Waals surface area contributed by atoms with Gasteiger partial charge in [-0.3, -0.25) is 9.59 Å². The molecule has 0 bridgehead atoms. The van der Waals surface area contributed by atoms with Gasteiger partial charge in [0.1, 0.15) is 0 Å². The largest absolute Gasteiger partial charge is 0.417 e. The molecule has 1 unspecified atom stereocenters. The fourth-order valence-corrected chi connectivity index (χ4v) is 3.37. The van der Waals surface area contributed by atoms with E-state index in [0.717, 1.165) is 36.4 Å². The lowest BCUT2D eigenvalue weighted by Gasteiger charge is -2.22. The SMILES string of the molecule is CCC(C)c1ccc(-c2ccc(N3C(=O)C=CC3=O)cc2C(F)(F)F)c(C(F)(F)F)c1. The maximum absolute atomic E-state index is 13.8. The molecule has 31 heavy (non-hydrogen) atoms. The van der Waals surface area contributed by atoms with Crippen LogP contribution < -0.4 is 4.90 Å². The number of hydrogen-bond acceptors (Lipinski definition) is 2. The molecule has 2 aromatic carbocycles. The first kappa shape index (κ1) is 22.6. The number of imide groups is 1. The molecule has 0 spiro atoms. The summed E-state index contributed by atoms with van der Waals surface area (Å²) in [5, 5.41) is 0. The number of carbonyl (C=O) groups excluding carboxylic acids is 2. The van der Waals surface area contributed by atoms with E-state index in [1.807, 2.05) is 0 Å². The Bertz CT molecular complexity index is 1050. The molecule has 0 aliphatic carbocycles. The summed E-state index contributed by atoms with van der Waals surface area (Å²) in [4.78, 5) is 24.1. The van der Waals surface area contributed by atoms with Gasteiger partial charge in [-0.05, 0) is 47.2 Å². The zero-order valence-corrected chi connectivity index (χ0v) is 16.4. The average Bonchev–Trinajstić information content (AvgIpc) is 3.03. The third-order valence-corrected chi connectivity index (χ3v) is 5.20. The molecule has 2 amide bonds. The number of alkyl halides is 6. The molecule has 0 fully saturated rings. The Morgan fingerprint density at radius 3 is 1.77 bits per heavy atom.